The van der Waals surface area contributed by atoms with E-state index in [2.05, 4.69) is 16.3 Å². The number of aromatic nitrogens is 2. The quantitative estimate of drug-likeness (QED) is 0.395. The number of para-hydroxylation sites is 2. The van der Waals surface area contributed by atoms with Crippen LogP contribution < -0.4 is 9.64 Å². The number of carbonyl (C=O) groups is 1. The zero-order valence-electron chi connectivity index (χ0n) is 18.5. The molecule has 0 saturated carbocycles. The zero-order chi connectivity index (χ0) is 22.6. The molecule has 6 heteroatoms. The van der Waals surface area contributed by atoms with Gasteiger partial charge in [0.2, 0.25) is 5.89 Å². The van der Waals surface area contributed by atoms with Crippen molar-refractivity contribution in [2.75, 3.05) is 11.4 Å². The van der Waals surface area contributed by atoms with Crippen molar-refractivity contribution in [1.82, 2.24) is 10.2 Å². The average molecular weight is 440 g/mol. The van der Waals surface area contributed by atoms with Crippen LogP contribution in [0.2, 0.25) is 0 Å². The van der Waals surface area contributed by atoms with Gasteiger partial charge in [-0.05, 0) is 55.2 Å². The lowest BCUT2D eigenvalue weighted by atomic mass is 10.0. The van der Waals surface area contributed by atoms with E-state index in [-0.39, 0.29) is 5.91 Å². The van der Waals surface area contributed by atoms with Crippen LogP contribution >= 0.6 is 0 Å². The second-order valence-electron chi connectivity index (χ2n) is 8.01. The summed E-state index contributed by atoms with van der Waals surface area (Å²) in [6.45, 7) is 2.66. The maximum atomic E-state index is 13.5. The van der Waals surface area contributed by atoms with E-state index in [1.165, 1.54) is 5.56 Å². The van der Waals surface area contributed by atoms with Crippen LogP contribution in [-0.4, -0.2) is 28.8 Å². The van der Waals surface area contributed by atoms with Gasteiger partial charge in [0.25, 0.3) is 11.8 Å². The van der Waals surface area contributed by atoms with E-state index in [1.54, 1.807) is 0 Å². The number of benzene rings is 3. The first-order valence-corrected chi connectivity index (χ1v) is 11.3. The Morgan fingerprint density at radius 2 is 1.70 bits per heavy atom. The molecule has 2 heterocycles. The lowest BCUT2D eigenvalue weighted by Crippen LogP contribution is -2.44. The second-order valence-corrected chi connectivity index (χ2v) is 8.01. The highest BCUT2D eigenvalue weighted by molar-refractivity contribution is 5.97. The molecular weight excluding hydrogens is 414 g/mol. The molecule has 0 aliphatic carbocycles. The highest BCUT2D eigenvalue weighted by atomic mass is 16.5. The van der Waals surface area contributed by atoms with Gasteiger partial charge >= 0.3 is 0 Å². The molecule has 1 aliphatic rings. The molecule has 1 aliphatic heterocycles. The number of nitrogens with zero attached hydrogens (tertiary/aromatic N) is 3. The smallest absolute Gasteiger partial charge is 0.268 e. The van der Waals surface area contributed by atoms with Gasteiger partial charge in [0, 0.05) is 17.8 Å². The van der Waals surface area contributed by atoms with E-state index in [1.807, 2.05) is 84.6 Å². The minimum absolute atomic E-state index is 0.0324. The van der Waals surface area contributed by atoms with E-state index >= 15 is 0 Å². The molecular formula is C27H25N3O3. The number of aryl methyl sites for hydroxylation is 1. The fourth-order valence-electron chi connectivity index (χ4n) is 4.17. The number of hydrogen-bond acceptors (Lipinski definition) is 5. The van der Waals surface area contributed by atoms with Crippen molar-refractivity contribution >= 4 is 11.6 Å². The summed E-state index contributed by atoms with van der Waals surface area (Å²) >= 11 is 0. The Labute approximate surface area is 192 Å². The molecule has 0 radical (unpaired) electrons. The van der Waals surface area contributed by atoms with Crippen molar-refractivity contribution in [2.24, 2.45) is 0 Å². The predicted octanol–water partition coefficient (Wildman–Crippen LogP) is 5.54. The van der Waals surface area contributed by atoms with E-state index in [9.17, 15) is 4.79 Å². The first kappa shape index (κ1) is 20.9. The summed E-state index contributed by atoms with van der Waals surface area (Å²) in [5.74, 6) is 1.31. The van der Waals surface area contributed by atoms with Gasteiger partial charge in [-0.15, -0.1) is 10.2 Å². The van der Waals surface area contributed by atoms with Gasteiger partial charge in [-0.2, -0.15) is 0 Å². The van der Waals surface area contributed by atoms with Gasteiger partial charge in [0.05, 0.1) is 5.56 Å². The highest BCUT2D eigenvalue weighted by Crippen LogP contribution is 2.33. The van der Waals surface area contributed by atoms with Crippen LogP contribution in [0.3, 0.4) is 0 Å². The van der Waals surface area contributed by atoms with Crippen molar-refractivity contribution in [3.8, 4) is 28.7 Å². The number of rotatable bonds is 6. The van der Waals surface area contributed by atoms with E-state index in [0.29, 0.717) is 36.1 Å². The Kier molecular flexibility index (Phi) is 5.89. The average Bonchev–Trinajstić information content (AvgIpc) is 3.37. The largest absolute Gasteiger partial charge is 0.480 e. The van der Waals surface area contributed by atoms with Gasteiger partial charge in [-0.1, -0.05) is 55.5 Å². The summed E-state index contributed by atoms with van der Waals surface area (Å²) < 4.78 is 12.2. The zero-order valence-corrected chi connectivity index (χ0v) is 18.5. The molecule has 4 aromatic rings. The Morgan fingerprint density at radius 1 is 0.970 bits per heavy atom. The molecule has 0 fully saturated rings. The van der Waals surface area contributed by atoms with Gasteiger partial charge in [0.15, 0.2) is 6.10 Å². The SMILES string of the molecule is CCC(Oc1ccccc1-c1nnc(-c2ccccc2)o1)C(=O)N1CCCc2ccccc21. The lowest BCUT2D eigenvalue weighted by molar-refractivity contribution is -0.125. The number of carbonyl (C=O) groups excluding carboxylic acids is 1. The van der Waals surface area contributed by atoms with Crippen LogP contribution in [0.15, 0.2) is 83.3 Å². The van der Waals surface area contributed by atoms with Crippen LogP contribution in [0.25, 0.3) is 22.9 Å². The Morgan fingerprint density at radius 3 is 2.55 bits per heavy atom. The third-order valence-corrected chi connectivity index (χ3v) is 5.85. The fourth-order valence-corrected chi connectivity index (χ4v) is 4.17. The summed E-state index contributed by atoms with van der Waals surface area (Å²) in [6.07, 6.45) is 1.86. The molecule has 1 atom stereocenters. The van der Waals surface area contributed by atoms with Crippen molar-refractivity contribution in [2.45, 2.75) is 32.3 Å². The van der Waals surface area contributed by atoms with Gasteiger partial charge in [-0.3, -0.25) is 4.79 Å². The van der Waals surface area contributed by atoms with Crippen molar-refractivity contribution in [3.63, 3.8) is 0 Å². The number of anilines is 1. The standard InChI is InChI=1S/C27H25N3O3/c1-2-23(27(31)30-18-10-14-19-11-6-8-16-22(19)30)32-24-17-9-7-15-21(24)26-29-28-25(33-26)20-12-4-3-5-13-20/h3-9,11-13,15-17,23H,2,10,14,18H2,1H3. The van der Waals surface area contributed by atoms with Crippen LogP contribution in [0.4, 0.5) is 5.69 Å². The van der Waals surface area contributed by atoms with Gasteiger partial charge in [-0.25, -0.2) is 0 Å². The number of ether oxygens (including phenoxy) is 1. The molecule has 166 valence electrons. The molecule has 0 spiro atoms. The first-order chi connectivity index (χ1) is 16.2. The summed E-state index contributed by atoms with van der Waals surface area (Å²) in [5, 5.41) is 8.42. The first-order valence-electron chi connectivity index (χ1n) is 11.3. The minimum Gasteiger partial charge on any atom is -0.480 e. The Hall–Kier alpha value is -3.93. The fraction of sp³-hybridized carbons (Fsp3) is 0.222. The molecule has 5 rings (SSSR count). The molecule has 0 N–H and O–H groups in total. The molecule has 3 aromatic carbocycles. The maximum absolute atomic E-state index is 13.5. The van der Waals surface area contributed by atoms with Gasteiger partial charge < -0.3 is 14.1 Å². The molecule has 0 saturated heterocycles. The normalized spacial score (nSPS) is 13.9. The third kappa shape index (κ3) is 4.24. The highest BCUT2D eigenvalue weighted by Gasteiger charge is 2.30. The molecule has 1 aromatic heterocycles. The van der Waals surface area contributed by atoms with Gasteiger partial charge in [0.1, 0.15) is 5.75 Å². The summed E-state index contributed by atoms with van der Waals surface area (Å²) in [7, 11) is 0. The Bertz CT molecular complexity index is 1250. The number of amides is 1. The molecule has 1 unspecified atom stereocenters. The summed E-state index contributed by atoms with van der Waals surface area (Å²) in [5.41, 5.74) is 3.69. The maximum Gasteiger partial charge on any atom is 0.268 e. The minimum atomic E-state index is -0.617. The summed E-state index contributed by atoms with van der Waals surface area (Å²) in [6, 6.07) is 25.2. The molecule has 6 nitrogen and oxygen atoms in total. The topological polar surface area (TPSA) is 68.5 Å². The van der Waals surface area contributed by atoms with Crippen LogP contribution in [0.5, 0.6) is 5.75 Å². The van der Waals surface area contributed by atoms with E-state index in [4.69, 9.17) is 9.15 Å². The third-order valence-electron chi connectivity index (χ3n) is 5.85. The van der Waals surface area contributed by atoms with E-state index < -0.39 is 6.10 Å². The lowest BCUT2D eigenvalue weighted by Gasteiger charge is -2.32. The predicted molar refractivity (Wildman–Crippen MR) is 127 cm³/mol. The Balaban J connectivity index is 1.41. The van der Waals surface area contributed by atoms with Crippen LogP contribution in [-0.2, 0) is 11.2 Å². The molecule has 0 bridgehead atoms. The second kappa shape index (κ2) is 9.28. The number of hydrogen-bond donors (Lipinski definition) is 0. The summed E-state index contributed by atoms with van der Waals surface area (Å²) in [4.78, 5) is 15.3. The molecule has 33 heavy (non-hydrogen) atoms. The monoisotopic (exact) mass is 439 g/mol. The molecule has 1 amide bonds. The van der Waals surface area contributed by atoms with Crippen molar-refractivity contribution in [1.29, 1.82) is 0 Å². The van der Waals surface area contributed by atoms with Crippen molar-refractivity contribution in [3.05, 3.63) is 84.4 Å². The van der Waals surface area contributed by atoms with E-state index in [0.717, 1.165) is 24.1 Å². The number of fused-ring (bicyclic) bond motifs is 1. The van der Waals surface area contributed by atoms with Crippen LogP contribution in [0.1, 0.15) is 25.3 Å². The van der Waals surface area contributed by atoms with Crippen LogP contribution in [0, 0.1) is 0 Å². The van der Waals surface area contributed by atoms with Crippen molar-refractivity contribution < 1.29 is 13.9 Å².